The van der Waals surface area contributed by atoms with Crippen LogP contribution < -0.4 is 10.5 Å². The van der Waals surface area contributed by atoms with Gasteiger partial charge in [-0.1, -0.05) is 24.3 Å². The van der Waals surface area contributed by atoms with Gasteiger partial charge < -0.3 is 20.6 Å². The van der Waals surface area contributed by atoms with Crippen molar-refractivity contribution in [1.82, 2.24) is 4.98 Å². The van der Waals surface area contributed by atoms with Gasteiger partial charge in [-0.25, -0.2) is 0 Å². The number of phenols is 1. The summed E-state index contributed by atoms with van der Waals surface area (Å²) in [7, 11) is 0. The number of nitrogens with one attached hydrogen (secondary N) is 1. The van der Waals surface area contributed by atoms with Crippen LogP contribution in [0.1, 0.15) is 29.7 Å². The summed E-state index contributed by atoms with van der Waals surface area (Å²) in [5.74, 6) is 0.912. The molecular weight excluding hydrogens is 300 g/mol. The third-order valence-corrected chi connectivity index (χ3v) is 4.44. The van der Waals surface area contributed by atoms with Gasteiger partial charge in [-0.05, 0) is 56.1 Å². The number of hydrogen-bond donors (Lipinski definition) is 3. The van der Waals surface area contributed by atoms with Gasteiger partial charge in [-0.2, -0.15) is 0 Å². The minimum atomic E-state index is 0.174. The lowest BCUT2D eigenvalue weighted by atomic mass is 9.90. The zero-order chi connectivity index (χ0) is 17.1. The summed E-state index contributed by atoms with van der Waals surface area (Å²) in [5.41, 5.74) is 10.8. The van der Waals surface area contributed by atoms with Gasteiger partial charge >= 0.3 is 0 Å². The normalized spacial score (nSPS) is 12.5. The van der Waals surface area contributed by atoms with Crippen LogP contribution in [0.25, 0.3) is 10.9 Å². The smallest absolute Gasteiger partial charge is 0.161 e. The monoisotopic (exact) mass is 324 g/mol. The topological polar surface area (TPSA) is 71.3 Å². The number of rotatable bonds is 6. The highest BCUT2D eigenvalue weighted by Crippen LogP contribution is 2.33. The number of benzene rings is 2. The zero-order valence-electron chi connectivity index (χ0n) is 14.2. The Labute approximate surface area is 142 Å². The Hall–Kier alpha value is -2.46. The molecular formula is C20H24N2O2. The molecule has 2 aromatic carbocycles. The van der Waals surface area contributed by atoms with E-state index in [4.69, 9.17) is 10.5 Å². The van der Waals surface area contributed by atoms with E-state index in [9.17, 15) is 5.11 Å². The minimum absolute atomic E-state index is 0.174. The number of nitrogens with two attached hydrogens (primary N) is 1. The van der Waals surface area contributed by atoms with Crippen molar-refractivity contribution in [2.75, 3.05) is 13.2 Å². The molecule has 0 radical (unpaired) electrons. The Morgan fingerprint density at radius 2 is 2.00 bits per heavy atom. The summed E-state index contributed by atoms with van der Waals surface area (Å²) in [6.07, 6.45) is 0.805. The molecule has 0 fully saturated rings. The largest absolute Gasteiger partial charge is 0.504 e. The number of hydrogen-bond acceptors (Lipinski definition) is 3. The van der Waals surface area contributed by atoms with Gasteiger partial charge in [0, 0.05) is 22.5 Å². The number of aryl methyl sites for hydroxylation is 1. The maximum Gasteiger partial charge on any atom is 0.161 e. The number of phenolic OH excluding ortho intramolecular Hbond substituents is 1. The van der Waals surface area contributed by atoms with Gasteiger partial charge in [0.2, 0.25) is 0 Å². The predicted molar refractivity (Wildman–Crippen MR) is 97.8 cm³/mol. The summed E-state index contributed by atoms with van der Waals surface area (Å²) >= 11 is 0. The van der Waals surface area contributed by atoms with Crippen LogP contribution in [0, 0.1) is 6.92 Å². The minimum Gasteiger partial charge on any atom is -0.504 e. The molecule has 24 heavy (non-hydrogen) atoms. The highest BCUT2D eigenvalue weighted by Gasteiger charge is 2.19. The first-order valence-electron chi connectivity index (χ1n) is 8.36. The van der Waals surface area contributed by atoms with Crippen molar-refractivity contribution < 1.29 is 9.84 Å². The van der Waals surface area contributed by atoms with E-state index in [1.807, 2.05) is 25.1 Å². The second-order valence-corrected chi connectivity index (χ2v) is 6.08. The molecule has 0 aliphatic rings. The van der Waals surface area contributed by atoms with Crippen molar-refractivity contribution in [2.24, 2.45) is 5.73 Å². The molecule has 4 N–H and O–H groups in total. The molecule has 0 amide bonds. The molecule has 1 heterocycles. The third kappa shape index (κ3) is 3.10. The van der Waals surface area contributed by atoms with E-state index in [0.717, 1.165) is 23.2 Å². The lowest BCUT2D eigenvalue weighted by molar-refractivity contribution is 0.317. The number of aromatic amines is 1. The standard InChI is InChI=1S/C20H24N2O2/c1-3-24-19-11-14(8-9-18(19)23)10-15(12-21)20-13(2)22-17-7-5-4-6-16(17)20/h4-9,11,15,22-23H,3,10,12,21H2,1-2H3. The first-order valence-corrected chi connectivity index (χ1v) is 8.36. The van der Waals surface area contributed by atoms with Crippen LogP contribution in [0.2, 0.25) is 0 Å². The lowest BCUT2D eigenvalue weighted by Crippen LogP contribution is -2.15. The van der Waals surface area contributed by atoms with Crippen LogP contribution in [0.15, 0.2) is 42.5 Å². The summed E-state index contributed by atoms with van der Waals surface area (Å²) in [6.45, 7) is 5.09. The fourth-order valence-electron chi connectivity index (χ4n) is 3.37. The summed E-state index contributed by atoms with van der Waals surface area (Å²) in [5, 5.41) is 11.1. The molecule has 0 spiro atoms. The van der Waals surface area contributed by atoms with Crippen molar-refractivity contribution in [3.05, 3.63) is 59.3 Å². The second kappa shape index (κ2) is 6.97. The molecule has 4 heteroatoms. The first kappa shape index (κ1) is 16.4. The molecule has 0 aliphatic heterocycles. The summed E-state index contributed by atoms with van der Waals surface area (Å²) < 4.78 is 5.49. The highest BCUT2D eigenvalue weighted by atomic mass is 16.5. The second-order valence-electron chi connectivity index (χ2n) is 6.08. The predicted octanol–water partition coefficient (Wildman–Crippen LogP) is 3.87. The Balaban J connectivity index is 1.95. The number of ether oxygens (including phenoxy) is 1. The van der Waals surface area contributed by atoms with E-state index in [2.05, 4.69) is 30.1 Å². The van der Waals surface area contributed by atoms with Crippen LogP contribution in [0.4, 0.5) is 0 Å². The average Bonchev–Trinajstić information content (AvgIpc) is 2.91. The molecule has 1 aromatic heterocycles. The van der Waals surface area contributed by atoms with Crippen LogP contribution in [0.5, 0.6) is 11.5 Å². The Kier molecular flexibility index (Phi) is 4.76. The first-order chi connectivity index (χ1) is 11.6. The van der Waals surface area contributed by atoms with Gasteiger partial charge in [0.05, 0.1) is 6.61 Å². The highest BCUT2D eigenvalue weighted by molar-refractivity contribution is 5.85. The van der Waals surface area contributed by atoms with Gasteiger partial charge in [-0.3, -0.25) is 0 Å². The molecule has 126 valence electrons. The average molecular weight is 324 g/mol. The molecule has 0 bridgehead atoms. The van der Waals surface area contributed by atoms with Gasteiger partial charge in [0.15, 0.2) is 11.5 Å². The summed E-state index contributed by atoms with van der Waals surface area (Å²) in [6, 6.07) is 13.9. The molecule has 0 saturated heterocycles. The van der Waals surface area contributed by atoms with Crippen LogP contribution in [-0.2, 0) is 6.42 Å². The van der Waals surface area contributed by atoms with Crippen LogP contribution in [-0.4, -0.2) is 23.2 Å². The quantitative estimate of drug-likeness (QED) is 0.644. The molecule has 3 rings (SSSR count). The fraction of sp³-hybridized carbons (Fsp3) is 0.300. The molecule has 1 unspecified atom stereocenters. The summed E-state index contributed by atoms with van der Waals surface area (Å²) in [4.78, 5) is 3.45. The number of aromatic hydroxyl groups is 1. The van der Waals surface area contributed by atoms with E-state index in [1.165, 1.54) is 10.9 Å². The van der Waals surface area contributed by atoms with Crippen LogP contribution in [0.3, 0.4) is 0 Å². The zero-order valence-corrected chi connectivity index (χ0v) is 14.2. The van der Waals surface area contributed by atoms with Gasteiger partial charge in [-0.15, -0.1) is 0 Å². The third-order valence-electron chi connectivity index (χ3n) is 4.44. The maximum absolute atomic E-state index is 9.87. The van der Waals surface area contributed by atoms with Crippen molar-refractivity contribution in [3.63, 3.8) is 0 Å². The van der Waals surface area contributed by atoms with E-state index >= 15 is 0 Å². The van der Waals surface area contributed by atoms with E-state index < -0.39 is 0 Å². The molecule has 4 nitrogen and oxygen atoms in total. The number of aromatic nitrogens is 1. The Morgan fingerprint density at radius 1 is 1.21 bits per heavy atom. The van der Waals surface area contributed by atoms with Crippen molar-refractivity contribution in [1.29, 1.82) is 0 Å². The Morgan fingerprint density at radius 3 is 2.75 bits per heavy atom. The van der Waals surface area contributed by atoms with E-state index in [-0.39, 0.29) is 11.7 Å². The molecule has 1 atom stereocenters. The fourth-order valence-corrected chi connectivity index (χ4v) is 3.37. The number of fused-ring (bicyclic) bond motifs is 1. The Bertz CT molecular complexity index is 839. The maximum atomic E-state index is 9.87. The van der Waals surface area contributed by atoms with Crippen molar-refractivity contribution in [2.45, 2.75) is 26.2 Å². The molecule has 3 aromatic rings. The van der Waals surface area contributed by atoms with Crippen molar-refractivity contribution >= 4 is 10.9 Å². The number of H-pyrrole nitrogens is 1. The van der Waals surface area contributed by atoms with E-state index in [0.29, 0.717) is 18.9 Å². The molecule has 0 saturated carbocycles. The van der Waals surface area contributed by atoms with Crippen molar-refractivity contribution in [3.8, 4) is 11.5 Å². The van der Waals surface area contributed by atoms with Gasteiger partial charge in [0.1, 0.15) is 0 Å². The molecule has 0 aliphatic carbocycles. The van der Waals surface area contributed by atoms with E-state index in [1.54, 1.807) is 6.07 Å². The van der Waals surface area contributed by atoms with Crippen LogP contribution >= 0.6 is 0 Å². The number of para-hydroxylation sites is 1. The lowest BCUT2D eigenvalue weighted by Gasteiger charge is -2.17. The van der Waals surface area contributed by atoms with Gasteiger partial charge in [0.25, 0.3) is 0 Å². The SMILES string of the molecule is CCOc1cc(CC(CN)c2c(C)[nH]c3ccccc23)ccc1O.